The van der Waals surface area contributed by atoms with E-state index in [1.54, 1.807) is 13.1 Å². The molecule has 2 heterocycles. The molecule has 0 spiro atoms. The molecule has 0 bridgehead atoms. The number of nitrogens with one attached hydrogen (secondary N) is 1. The van der Waals surface area contributed by atoms with Gasteiger partial charge >= 0.3 is 6.18 Å². The van der Waals surface area contributed by atoms with E-state index in [1.165, 1.54) is 4.68 Å². The molecule has 41 heavy (non-hydrogen) atoms. The van der Waals surface area contributed by atoms with Crippen LogP contribution in [0.5, 0.6) is 5.75 Å². The highest BCUT2D eigenvalue weighted by atomic mass is 35.5. The van der Waals surface area contributed by atoms with E-state index < -0.39 is 51.3 Å². The Morgan fingerprint density at radius 1 is 1.24 bits per heavy atom. The van der Waals surface area contributed by atoms with Gasteiger partial charge in [-0.3, -0.25) is 14.3 Å². The lowest BCUT2D eigenvalue weighted by molar-refractivity contribution is -0.153. The van der Waals surface area contributed by atoms with E-state index in [2.05, 4.69) is 15.2 Å². The van der Waals surface area contributed by atoms with Gasteiger partial charge in [0, 0.05) is 25.1 Å². The van der Waals surface area contributed by atoms with Gasteiger partial charge < -0.3 is 15.0 Å². The van der Waals surface area contributed by atoms with Crippen LogP contribution in [0.4, 0.5) is 13.2 Å². The van der Waals surface area contributed by atoms with Crippen molar-refractivity contribution in [1.82, 2.24) is 20.0 Å². The highest BCUT2D eigenvalue weighted by molar-refractivity contribution is 7.92. The van der Waals surface area contributed by atoms with Crippen molar-refractivity contribution in [2.24, 2.45) is 7.05 Å². The van der Waals surface area contributed by atoms with Gasteiger partial charge in [0.05, 0.1) is 26.9 Å². The number of amides is 2. The normalized spacial score (nSPS) is 20.4. The predicted octanol–water partition coefficient (Wildman–Crippen LogP) is 3.54. The molecule has 222 valence electrons. The van der Waals surface area contributed by atoms with E-state index in [-0.39, 0.29) is 39.7 Å². The van der Waals surface area contributed by atoms with Crippen LogP contribution in [-0.2, 0) is 27.1 Å². The van der Waals surface area contributed by atoms with Crippen molar-refractivity contribution >= 4 is 33.3 Å². The molecule has 0 radical (unpaired) electrons. The first-order valence-corrected chi connectivity index (χ1v) is 14.6. The summed E-state index contributed by atoms with van der Waals surface area (Å²) < 4.78 is 70.9. The number of alkyl halides is 3. The van der Waals surface area contributed by atoms with Crippen LogP contribution < -0.4 is 10.1 Å². The van der Waals surface area contributed by atoms with Crippen LogP contribution >= 0.6 is 11.6 Å². The Labute approximate surface area is 240 Å². The van der Waals surface area contributed by atoms with Crippen LogP contribution in [0.15, 0.2) is 29.2 Å². The number of likely N-dealkylation sites (tertiary alicyclic amines) is 1. The summed E-state index contributed by atoms with van der Waals surface area (Å²) in [7, 11) is -2.71. The zero-order chi connectivity index (χ0) is 30.5. The molecule has 2 atom stereocenters. The van der Waals surface area contributed by atoms with Crippen LogP contribution in [0, 0.1) is 11.3 Å². The summed E-state index contributed by atoms with van der Waals surface area (Å²) in [5, 5.41) is 14.9. The Balaban J connectivity index is 1.65. The standard InChI is InChI=1S/C26H29ClF3N5O5S/c1-24(2,3)21-11-19(34(4)33-21)23(37)35-12-16(10-18(35)22(36)32-25(13-31)7-8-25)41(38,39)20-6-5-15(9-17(20)27)40-14-26(28,29)30/h5-6,9,11,16,18H,7-8,10,12,14H2,1-4H3,(H,32,36)/t16-,18+/m1/s1. The number of aromatic nitrogens is 2. The SMILES string of the molecule is Cn1nc(C(C)(C)C)cc1C(=O)N1C[C@H](S(=O)(=O)c2ccc(OCC(F)(F)F)cc2Cl)C[C@H]1C(=O)NC1(C#N)CC1. The number of hydrogen-bond acceptors (Lipinski definition) is 7. The van der Waals surface area contributed by atoms with Crippen molar-refractivity contribution in [2.45, 2.75) is 73.4 Å². The first-order chi connectivity index (χ1) is 18.9. The van der Waals surface area contributed by atoms with Gasteiger partial charge in [-0.15, -0.1) is 0 Å². The maximum absolute atomic E-state index is 13.7. The lowest BCUT2D eigenvalue weighted by Gasteiger charge is -2.24. The van der Waals surface area contributed by atoms with Crippen LogP contribution in [0.2, 0.25) is 5.02 Å². The highest BCUT2D eigenvalue weighted by Crippen LogP contribution is 2.37. The van der Waals surface area contributed by atoms with E-state index in [4.69, 9.17) is 11.6 Å². The maximum Gasteiger partial charge on any atom is 0.422 e. The highest BCUT2D eigenvalue weighted by Gasteiger charge is 2.51. The summed E-state index contributed by atoms with van der Waals surface area (Å²) in [6.07, 6.45) is -4.01. The molecule has 1 N–H and O–H groups in total. The minimum atomic E-state index is -4.60. The summed E-state index contributed by atoms with van der Waals surface area (Å²) in [6.45, 7) is 3.80. The molecule has 2 fully saturated rings. The summed E-state index contributed by atoms with van der Waals surface area (Å²) in [4.78, 5) is 27.8. The lowest BCUT2D eigenvalue weighted by atomic mass is 9.92. The lowest BCUT2D eigenvalue weighted by Crippen LogP contribution is -2.49. The Hall–Kier alpha value is -3.31. The predicted molar refractivity (Wildman–Crippen MR) is 141 cm³/mol. The van der Waals surface area contributed by atoms with Crippen molar-refractivity contribution in [3.8, 4) is 11.8 Å². The number of nitriles is 1. The molecule has 2 aromatic rings. The van der Waals surface area contributed by atoms with Gasteiger partial charge in [-0.25, -0.2) is 8.42 Å². The fourth-order valence-corrected chi connectivity index (χ4v) is 6.77. The van der Waals surface area contributed by atoms with Gasteiger partial charge in [0.2, 0.25) is 5.91 Å². The monoisotopic (exact) mass is 615 g/mol. The second kappa shape index (κ2) is 10.5. The van der Waals surface area contributed by atoms with Crippen LogP contribution in [0.25, 0.3) is 0 Å². The van der Waals surface area contributed by atoms with E-state index in [9.17, 15) is 36.4 Å². The third-order valence-corrected chi connectivity index (χ3v) is 9.68. The molecule has 1 aromatic carbocycles. The molecule has 1 aromatic heterocycles. The Morgan fingerprint density at radius 2 is 1.90 bits per heavy atom. The molecule has 1 aliphatic carbocycles. The Morgan fingerprint density at radius 3 is 2.41 bits per heavy atom. The minimum absolute atomic E-state index is 0.149. The second-order valence-corrected chi connectivity index (χ2v) is 13.9. The van der Waals surface area contributed by atoms with Crippen molar-refractivity contribution in [2.75, 3.05) is 13.2 Å². The zero-order valence-corrected chi connectivity index (χ0v) is 24.3. The molecule has 10 nitrogen and oxygen atoms in total. The Kier molecular flexibility index (Phi) is 7.85. The molecular formula is C26H29ClF3N5O5S. The summed E-state index contributed by atoms with van der Waals surface area (Å²) in [5.41, 5.74) is -0.670. The van der Waals surface area contributed by atoms with E-state index in [0.29, 0.717) is 18.5 Å². The molecule has 4 rings (SSSR count). The summed E-state index contributed by atoms with van der Waals surface area (Å²) >= 11 is 6.17. The van der Waals surface area contributed by atoms with Crippen molar-refractivity contribution in [1.29, 1.82) is 5.26 Å². The van der Waals surface area contributed by atoms with E-state index in [1.807, 2.05) is 26.8 Å². The Bertz CT molecular complexity index is 1520. The average Bonchev–Trinajstić information content (AvgIpc) is 3.29. The number of carbonyl (C=O) groups is 2. The fraction of sp³-hybridized carbons (Fsp3) is 0.538. The van der Waals surface area contributed by atoms with Gasteiger partial charge in [0.25, 0.3) is 5.91 Å². The third kappa shape index (κ3) is 6.46. The number of carbonyl (C=O) groups excluding carboxylic acids is 2. The third-order valence-electron chi connectivity index (χ3n) is 7.07. The molecule has 1 saturated carbocycles. The molecule has 2 aliphatic rings. The fourth-order valence-electron chi connectivity index (χ4n) is 4.53. The molecule has 15 heteroatoms. The van der Waals surface area contributed by atoms with Crippen molar-refractivity contribution < 1.29 is 35.9 Å². The number of benzene rings is 1. The van der Waals surface area contributed by atoms with Crippen LogP contribution in [0.1, 0.15) is 56.2 Å². The number of halogens is 4. The van der Waals surface area contributed by atoms with Gasteiger partial charge in [-0.05, 0) is 37.5 Å². The van der Waals surface area contributed by atoms with E-state index in [0.717, 1.165) is 23.1 Å². The van der Waals surface area contributed by atoms with Crippen molar-refractivity contribution in [3.63, 3.8) is 0 Å². The quantitative estimate of drug-likeness (QED) is 0.503. The largest absolute Gasteiger partial charge is 0.484 e. The topological polar surface area (TPSA) is 134 Å². The maximum atomic E-state index is 13.7. The van der Waals surface area contributed by atoms with Crippen LogP contribution in [-0.4, -0.2) is 71.1 Å². The minimum Gasteiger partial charge on any atom is -0.484 e. The molecule has 2 amide bonds. The van der Waals surface area contributed by atoms with Gasteiger partial charge in [-0.2, -0.15) is 23.5 Å². The molecular weight excluding hydrogens is 587 g/mol. The second-order valence-electron chi connectivity index (χ2n) is 11.3. The van der Waals surface area contributed by atoms with E-state index >= 15 is 0 Å². The van der Waals surface area contributed by atoms with Crippen LogP contribution in [0.3, 0.4) is 0 Å². The first kappa shape index (κ1) is 30.6. The summed E-state index contributed by atoms with van der Waals surface area (Å²) in [5.74, 6) is -1.55. The van der Waals surface area contributed by atoms with Gasteiger partial charge in [0.1, 0.15) is 23.0 Å². The number of rotatable bonds is 7. The number of nitrogens with zero attached hydrogens (tertiary/aromatic N) is 4. The molecule has 0 unspecified atom stereocenters. The number of aryl methyl sites for hydroxylation is 1. The van der Waals surface area contributed by atoms with Crippen molar-refractivity contribution in [3.05, 3.63) is 40.7 Å². The number of ether oxygens (including phenoxy) is 1. The zero-order valence-electron chi connectivity index (χ0n) is 22.7. The van der Waals surface area contributed by atoms with Gasteiger partial charge in [0.15, 0.2) is 16.4 Å². The van der Waals surface area contributed by atoms with Gasteiger partial charge in [-0.1, -0.05) is 32.4 Å². The molecule has 1 saturated heterocycles. The first-order valence-electron chi connectivity index (χ1n) is 12.7. The summed E-state index contributed by atoms with van der Waals surface area (Å²) in [6, 6.07) is 5.48. The number of sulfone groups is 1. The smallest absolute Gasteiger partial charge is 0.422 e. The number of hydrogen-bond donors (Lipinski definition) is 1. The molecule has 1 aliphatic heterocycles. The average molecular weight is 616 g/mol.